The summed E-state index contributed by atoms with van der Waals surface area (Å²) in [5, 5.41) is 0. The van der Waals surface area contributed by atoms with Crippen molar-refractivity contribution < 1.29 is 23.8 Å². The molecule has 126 valence electrons. The number of benzene rings is 1. The zero-order valence-corrected chi connectivity index (χ0v) is 13.5. The Morgan fingerprint density at radius 3 is 2.50 bits per heavy atom. The van der Waals surface area contributed by atoms with Gasteiger partial charge >= 0.3 is 11.9 Å². The minimum Gasteiger partial charge on any atom is -0.490 e. The monoisotopic (exact) mass is 328 g/mol. The SMILES string of the molecule is C=CCOc1cccc(C=C2C(=O)OC3(CCCCC3)OC2=O)c1. The topological polar surface area (TPSA) is 61.8 Å². The van der Waals surface area contributed by atoms with E-state index in [1.165, 1.54) is 6.08 Å². The number of carbonyl (C=O) groups is 2. The van der Waals surface area contributed by atoms with Gasteiger partial charge < -0.3 is 14.2 Å². The summed E-state index contributed by atoms with van der Waals surface area (Å²) in [6, 6.07) is 7.09. The van der Waals surface area contributed by atoms with Crippen molar-refractivity contribution in [2.75, 3.05) is 6.61 Å². The highest BCUT2D eigenvalue weighted by Gasteiger charge is 2.46. The maximum absolute atomic E-state index is 12.3. The molecule has 24 heavy (non-hydrogen) atoms. The van der Waals surface area contributed by atoms with Crippen molar-refractivity contribution in [2.45, 2.75) is 37.9 Å². The van der Waals surface area contributed by atoms with Crippen molar-refractivity contribution in [3.8, 4) is 5.75 Å². The van der Waals surface area contributed by atoms with Gasteiger partial charge in [-0.15, -0.1) is 0 Å². The number of hydrogen-bond acceptors (Lipinski definition) is 5. The summed E-state index contributed by atoms with van der Waals surface area (Å²) in [4.78, 5) is 24.6. The molecule has 0 amide bonds. The minimum absolute atomic E-state index is 0.0907. The van der Waals surface area contributed by atoms with E-state index in [-0.39, 0.29) is 5.57 Å². The summed E-state index contributed by atoms with van der Waals surface area (Å²) in [6.45, 7) is 3.98. The van der Waals surface area contributed by atoms with Crippen LogP contribution in [0.25, 0.3) is 6.08 Å². The van der Waals surface area contributed by atoms with Crippen molar-refractivity contribution >= 4 is 18.0 Å². The fraction of sp³-hybridized carbons (Fsp3) is 0.368. The maximum Gasteiger partial charge on any atom is 0.348 e. The molecule has 0 aromatic heterocycles. The quantitative estimate of drug-likeness (QED) is 0.367. The molecule has 1 aromatic carbocycles. The van der Waals surface area contributed by atoms with Gasteiger partial charge in [0.05, 0.1) is 0 Å². The molecule has 1 aliphatic carbocycles. The van der Waals surface area contributed by atoms with Gasteiger partial charge in [-0.3, -0.25) is 0 Å². The molecule has 0 N–H and O–H groups in total. The molecule has 0 atom stereocenters. The molecule has 1 saturated carbocycles. The molecular weight excluding hydrogens is 308 g/mol. The van der Waals surface area contributed by atoms with E-state index in [2.05, 4.69) is 6.58 Å². The second-order valence-electron chi connectivity index (χ2n) is 5.98. The summed E-state index contributed by atoms with van der Waals surface area (Å²) in [5.74, 6) is -1.67. The molecule has 1 spiro atoms. The smallest absolute Gasteiger partial charge is 0.348 e. The van der Waals surface area contributed by atoms with E-state index in [4.69, 9.17) is 14.2 Å². The largest absolute Gasteiger partial charge is 0.490 e. The Kier molecular flexibility index (Phi) is 4.69. The Balaban J connectivity index is 1.79. The fourth-order valence-electron chi connectivity index (χ4n) is 2.98. The van der Waals surface area contributed by atoms with Gasteiger partial charge in [-0.1, -0.05) is 31.2 Å². The van der Waals surface area contributed by atoms with E-state index in [0.29, 0.717) is 30.8 Å². The van der Waals surface area contributed by atoms with Gasteiger partial charge in [-0.05, 0) is 36.6 Å². The zero-order chi connectivity index (χ0) is 17.0. The number of rotatable bonds is 4. The van der Waals surface area contributed by atoms with Crippen LogP contribution >= 0.6 is 0 Å². The number of carbonyl (C=O) groups excluding carboxylic acids is 2. The van der Waals surface area contributed by atoms with Gasteiger partial charge in [-0.2, -0.15) is 0 Å². The lowest BCUT2D eigenvalue weighted by atomic mass is 9.93. The van der Waals surface area contributed by atoms with Crippen LogP contribution in [0.4, 0.5) is 0 Å². The van der Waals surface area contributed by atoms with Gasteiger partial charge in [0, 0.05) is 12.8 Å². The predicted molar refractivity (Wildman–Crippen MR) is 88.1 cm³/mol. The van der Waals surface area contributed by atoms with Crippen LogP contribution in [-0.2, 0) is 19.1 Å². The second kappa shape index (κ2) is 6.91. The van der Waals surface area contributed by atoms with Crippen molar-refractivity contribution in [1.82, 2.24) is 0 Å². The van der Waals surface area contributed by atoms with Crippen LogP contribution < -0.4 is 4.74 Å². The lowest BCUT2D eigenvalue weighted by molar-refractivity contribution is -0.244. The van der Waals surface area contributed by atoms with Gasteiger partial charge in [0.15, 0.2) is 0 Å². The van der Waals surface area contributed by atoms with Crippen LogP contribution in [0, 0.1) is 0 Å². The van der Waals surface area contributed by atoms with E-state index < -0.39 is 17.7 Å². The third-order valence-electron chi connectivity index (χ3n) is 4.15. The first-order valence-corrected chi connectivity index (χ1v) is 8.14. The van der Waals surface area contributed by atoms with Gasteiger partial charge in [0.25, 0.3) is 5.79 Å². The van der Waals surface area contributed by atoms with E-state index in [0.717, 1.165) is 19.3 Å². The van der Waals surface area contributed by atoms with E-state index in [1.54, 1.807) is 30.3 Å². The summed E-state index contributed by atoms with van der Waals surface area (Å²) < 4.78 is 16.4. The normalized spacial score (nSPS) is 19.4. The van der Waals surface area contributed by atoms with Gasteiger partial charge in [0.2, 0.25) is 0 Å². The molecule has 5 heteroatoms. The standard InChI is InChI=1S/C19H20O5/c1-2-11-22-15-8-6-7-14(12-15)13-16-17(20)23-19(24-18(16)21)9-4-3-5-10-19/h2,6-8,12-13H,1,3-5,9-11H2. The average Bonchev–Trinajstić information content (AvgIpc) is 2.57. The summed E-state index contributed by atoms with van der Waals surface area (Å²) in [5.41, 5.74) is 0.576. The summed E-state index contributed by atoms with van der Waals surface area (Å²) >= 11 is 0. The highest BCUT2D eigenvalue weighted by atomic mass is 16.7. The molecular formula is C19H20O5. The third kappa shape index (κ3) is 3.50. The first-order chi connectivity index (χ1) is 11.6. The lowest BCUT2D eigenvalue weighted by Crippen LogP contribution is -2.47. The van der Waals surface area contributed by atoms with Crippen LogP contribution in [0.5, 0.6) is 5.75 Å². The Morgan fingerprint density at radius 2 is 1.83 bits per heavy atom. The fourth-order valence-corrected chi connectivity index (χ4v) is 2.98. The van der Waals surface area contributed by atoms with Crippen LogP contribution in [0.15, 0.2) is 42.5 Å². The number of esters is 2. The molecule has 0 radical (unpaired) electrons. The summed E-state index contributed by atoms with van der Waals surface area (Å²) in [6.07, 6.45) is 7.11. The molecule has 1 saturated heterocycles. The Hall–Kier alpha value is -2.56. The predicted octanol–water partition coefficient (Wildman–Crippen LogP) is 3.40. The third-order valence-corrected chi connectivity index (χ3v) is 4.15. The average molecular weight is 328 g/mol. The lowest BCUT2D eigenvalue weighted by Gasteiger charge is -2.38. The molecule has 5 nitrogen and oxygen atoms in total. The molecule has 1 heterocycles. The first-order valence-electron chi connectivity index (χ1n) is 8.14. The van der Waals surface area contributed by atoms with Crippen LogP contribution in [0.1, 0.15) is 37.7 Å². The molecule has 0 bridgehead atoms. The first kappa shape index (κ1) is 16.3. The van der Waals surface area contributed by atoms with Crippen molar-refractivity contribution in [3.63, 3.8) is 0 Å². The number of hydrogen-bond donors (Lipinski definition) is 0. The zero-order valence-electron chi connectivity index (χ0n) is 13.5. The van der Waals surface area contributed by atoms with Crippen molar-refractivity contribution in [1.29, 1.82) is 0 Å². The van der Waals surface area contributed by atoms with Crippen LogP contribution in [0.2, 0.25) is 0 Å². The molecule has 2 aliphatic rings. The second-order valence-corrected chi connectivity index (χ2v) is 5.98. The highest BCUT2D eigenvalue weighted by molar-refractivity contribution is 6.18. The maximum atomic E-state index is 12.3. The van der Waals surface area contributed by atoms with E-state index in [1.807, 2.05) is 0 Å². The van der Waals surface area contributed by atoms with Crippen molar-refractivity contribution in [3.05, 3.63) is 48.1 Å². The van der Waals surface area contributed by atoms with Crippen LogP contribution in [-0.4, -0.2) is 24.3 Å². The van der Waals surface area contributed by atoms with Crippen molar-refractivity contribution in [2.24, 2.45) is 0 Å². The Morgan fingerprint density at radius 1 is 1.12 bits per heavy atom. The molecule has 0 unspecified atom stereocenters. The van der Waals surface area contributed by atoms with E-state index in [9.17, 15) is 9.59 Å². The molecule has 3 rings (SSSR count). The number of ether oxygens (including phenoxy) is 3. The molecule has 1 aromatic rings. The van der Waals surface area contributed by atoms with E-state index >= 15 is 0 Å². The summed E-state index contributed by atoms with van der Waals surface area (Å²) in [7, 11) is 0. The van der Waals surface area contributed by atoms with Gasteiger partial charge in [0.1, 0.15) is 17.9 Å². The Bertz CT molecular complexity index is 661. The Labute approximate surface area is 140 Å². The molecule has 2 fully saturated rings. The minimum atomic E-state index is -1.06. The molecule has 1 aliphatic heterocycles. The van der Waals surface area contributed by atoms with Gasteiger partial charge in [-0.25, -0.2) is 9.59 Å². The highest BCUT2D eigenvalue weighted by Crippen LogP contribution is 2.37. The van der Waals surface area contributed by atoms with Crippen LogP contribution in [0.3, 0.4) is 0 Å².